The quantitative estimate of drug-likeness (QED) is 0.346. The molecule has 8 heteroatoms. The molecular weight excluding hydrogens is 252 g/mol. The van der Waals surface area contributed by atoms with Crippen molar-refractivity contribution in [2.45, 2.75) is 6.92 Å². The van der Waals surface area contributed by atoms with E-state index in [0.717, 1.165) is 0 Å². The van der Waals surface area contributed by atoms with Gasteiger partial charge < -0.3 is 20.5 Å². The molecular formula is C11H18N4O4. The Morgan fingerprint density at radius 2 is 2.05 bits per heavy atom. The van der Waals surface area contributed by atoms with E-state index in [2.05, 4.69) is 15.6 Å². The summed E-state index contributed by atoms with van der Waals surface area (Å²) in [4.78, 5) is 14.5. The van der Waals surface area contributed by atoms with Crippen molar-refractivity contribution >= 4 is 17.3 Å². The first-order valence-corrected chi connectivity index (χ1v) is 6.00. The van der Waals surface area contributed by atoms with E-state index < -0.39 is 4.92 Å². The fourth-order valence-corrected chi connectivity index (χ4v) is 1.40. The highest BCUT2D eigenvalue weighted by Crippen LogP contribution is 2.20. The number of pyridine rings is 1. The van der Waals surface area contributed by atoms with Gasteiger partial charge in [-0.2, -0.15) is 0 Å². The molecule has 0 unspecified atom stereocenters. The molecule has 0 aliphatic rings. The number of aliphatic hydroxyl groups is 1. The number of aliphatic hydroxyl groups excluding tert-OH is 1. The summed E-state index contributed by atoms with van der Waals surface area (Å²) >= 11 is 0. The first-order chi connectivity index (χ1) is 9.17. The summed E-state index contributed by atoms with van der Waals surface area (Å²) in [7, 11) is 0. The van der Waals surface area contributed by atoms with Crippen LogP contribution in [0.1, 0.15) is 6.92 Å². The Hall–Kier alpha value is -1.93. The van der Waals surface area contributed by atoms with Gasteiger partial charge in [0.2, 0.25) is 0 Å². The zero-order valence-corrected chi connectivity index (χ0v) is 10.8. The molecule has 106 valence electrons. The molecule has 0 aliphatic heterocycles. The molecule has 0 radical (unpaired) electrons. The second-order valence-corrected chi connectivity index (χ2v) is 3.65. The van der Waals surface area contributed by atoms with Crippen molar-refractivity contribution in [3.8, 4) is 0 Å². The maximum absolute atomic E-state index is 10.8. The van der Waals surface area contributed by atoms with Crippen molar-refractivity contribution in [2.75, 3.05) is 43.5 Å². The van der Waals surface area contributed by atoms with E-state index in [9.17, 15) is 10.1 Å². The molecule has 19 heavy (non-hydrogen) atoms. The first kappa shape index (κ1) is 15.1. The lowest BCUT2D eigenvalue weighted by atomic mass is 10.3. The van der Waals surface area contributed by atoms with E-state index in [-0.39, 0.29) is 18.9 Å². The van der Waals surface area contributed by atoms with Gasteiger partial charge in [0.05, 0.1) is 36.9 Å². The lowest BCUT2D eigenvalue weighted by Gasteiger charge is -2.08. The number of anilines is 2. The third-order valence-electron chi connectivity index (χ3n) is 2.17. The van der Waals surface area contributed by atoms with Gasteiger partial charge in [-0.25, -0.2) is 4.98 Å². The zero-order chi connectivity index (χ0) is 14.1. The van der Waals surface area contributed by atoms with Crippen LogP contribution in [0.25, 0.3) is 0 Å². The monoisotopic (exact) mass is 270 g/mol. The molecule has 0 bridgehead atoms. The topological polar surface area (TPSA) is 110 Å². The summed E-state index contributed by atoms with van der Waals surface area (Å²) in [5, 5.41) is 25.2. The smallest absolute Gasteiger partial charge is 0.276 e. The maximum Gasteiger partial charge on any atom is 0.276 e. The number of nitrogens with one attached hydrogen (secondary N) is 2. The lowest BCUT2D eigenvalue weighted by molar-refractivity contribution is -0.384. The lowest BCUT2D eigenvalue weighted by Crippen LogP contribution is -2.13. The van der Waals surface area contributed by atoms with Gasteiger partial charge in [-0.05, 0) is 6.92 Å². The van der Waals surface area contributed by atoms with Crippen molar-refractivity contribution in [3.63, 3.8) is 0 Å². The van der Waals surface area contributed by atoms with Crippen LogP contribution >= 0.6 is 0 Å². The van der Waals surface area contributed by atoms with Crippen LogP contribution < -0.4 is 10.6 Å². The fourth-order valence-electron chi connectivity index (χ4n) is 1.40. The van der Waals surface area contributed by atoms with Crippen LogP contribution in [0.15, 0.2) is 12.1 Å². The Bertz CT molecular complexity index is 414. The molecule has 0 amide bonds. The van der Waals surface area contributed by atoms with Crippen LogP contribution in [0.5, 0.6) is 0 Å². The molecule has 0 saturated heterocycles. The predicted octanol–water partition coefficient (Wildman–Crippen LogP) is 0.842. The van der Waals surface area contributed by atoms with E-state index in [0.29, 0.717) is 31.3 Å². The molecule has 0 spiro atoms. The van der Waals surface area contributed by atoms with Crippen LogP contribution in [-0.4, -0.2) is 47.9 Å². The Labute approximate surface area is 111 Å². The van der Waals surface area contributed by atoms with Crippen molar-refractivity contribution in [1.29, 1.82) is 0 Å². The molecule has 1 heterocycles. The van der Waals surface area contributed by atoms with Gasteiger partial charge in [-0.15, -0.1) is 0 Å². The minimum absolute atomic E-state index is 0.0234. The third kappa shape index (κ3) is 5.49. The summed E-state index contributed by atoms with van der Waals surface area (Å²) in [5.74, 6) is 0.869. The Kier molecular flexibility index (Phi) is 6.55. The second-order valence-electron chi connectivity index (χ2n) is 3.65. The van der Waals surface area contributed by atoms with E-state index in [1.807, 2.05) is 6.92 Å². The summed E-state index contributed by atoms with van der Waals surface area (Å²) in [6, 6.07) is 2.75. The number of ether oxygens (including phenoxy) is 1. The molecule has 0 aliphatic carbocycles. The van der Waals surface area contributed by atoms with Crippen molar-refractivity contribution in [2.24, 2.45) is 0 Å². The van der Waals surface area contributed by atoms with Gasteiger partial charge in [0.25, 0.3) is 5.69 Å². The summed E-state index contributed by atoms with van der Waals surface area (Å²) in [6.07, 6.45) is 0. The second kappa shape index (κ2) is 8.22. The van der Waals surface area contributed by atoms with Gasteiger partial charge in [-0.3, -0.25) is 10.1 Å². The largest absolute Gasteiger partial charge is 0.394 e. The number of aromatic nitrogens is 1. The Balaban J connectivity index is 2.62. The molecule has 1 aromatic rings. The first-order valence-electron chi connectivity index (χ1n) is 6.00. The Morgan fingerprint density at radius 1 is 1.37 bits per heavy atom. The number of hydrogen-bond acceptors (Lipinski definition) is 7. The Morgan fingerprint density at radius 3 is 2.63 bits per heavy atom. The normalized spacial score (nSPS) is 10.2. The summed E-state index contributed by atoms with van der Waals surface area (Å²) < 4.78 is 5.07. The highest BCUT2D eigenvalue weighted by molar-refractivity contribution is 5.54. The van der Waals surface area contributed by atoms with Gasteiger partial charge in [0, 0.05) is 13.1 Å². The molecule has 0 atom stereocenters. The van der Waals surface area contributed by atoms with Crippen LogP contribution in [0, 0.1) is 10.1 Å². The summed E-state index contributed by atoms with van der Waals surface area (Å²) in [6.45, 7) is 3.61. The zero-order valence-electron chi connectivity index (χ0n) is 10.8. The number of hydrogen-bond donors (Lipinski definition) is 3. The molecule has 3 N–H and O–H groups in total. The van der Waals surface area contributed by atoms with Crippen LogP contribution in [0.2, 0.25) is 0 Å². The minimum Gasteiger partial charge on any atom is -0.394 e. The third-order valence-corrected chi connectivity index (χ3v) is 2.17. The summed E-state index contributed by atoms with van der Waals surface area (Å²) in [5.41, 5.74) is -0.0234. The van der Waals surface area contributed by atoms with Gasteiger partial charge >= 0.3 is 0 Å². The van der Waals surface area contributed by atoms with E-state index in [4.69, 9.17) is 9.84 Å². The van der Waals surface area contributed by atoms with E-state index >= 15 is 0 Å². The van der Waals surface area contributed by atoms with Gasteiger partial charge in [-0.1, -0.05) is 0 Å². The van der Waals surface area contributed by atoms with Gasteiger partial charge in [0.15, 0.2) is 0 Å². The number of nitrogens with zero attached hydrogens (tertiary/aromatic N) is 2. The van der Waals surface area contributed by atoms with E-state index in [1.165, 1.54) is 12.1 Å². The maximum atomic E-state index is 10.8. The minimum atomic E-state index is -0.462. The molecule has 0 saturated carbocycles. The van der Waals surface area contributed by atoms with Gasteiger partial charge in [0.1, 0.15) is 11.6 Å². The highest BCUT2D eigenvalue weighted by Gasteiger charge is 2.10. The molecule has 8 nitrogen and oxygen atoms in total. The van der Waals surface area contributed by atoms with E-state index in [1.54, 1.807) is 0 Å². The molecule has 0 fully saturated rings. The molecule has 1 rings (SSSR count). The molecule has 1 aromatic heterocycles. The SMILES string of the molecule is CCNc1cc([N+](=O)[O-])cc(NCCOCCO)n1. The van der Waals surface area contributed by atoms with Crippen molar-refractivity contribution in [1.82, 2.24) is 4.98 Å². The molecule has 0 aromatic carbocycles. The van der Waals surface area contributed by atoms with Crippen molar-refractivity contribution < 1.29 is 14.8 Å². The number of nitro groups is 1. The predicted molar refractivity (Wildman–Crippen MR) is 71.4 cm³/mol. The average molecular weight is 270 g/mol. The number of rotatable bonds is 9. The van der Waals surface area contributed by atoms with Crippen LogP contribution in [0.3, 0.4) is 0 Å². The fraction of sp³-hybridized carbons (Fsp3) is 0.545. The van der Waals surface area contributed by atoms with Crippen molar-refractivity contribution in [3.05, 3.63) is 22.2 Å². The highest BCUT2D eigenvalue weighted by atomic mass is 16.6. The van der Waals surface area contributed by atoms with Crippen LogP contribution in [0.4, 0.5) is 17.3 Å². The average Bonchev–Trinajstić information content (AvgIpc) is 2.38. The standard InChI is InChI=1S/C11H18N4O4/c1-2-12-10-7-9(15(17)18)8-11(14-10)13-3-5-19-6-4-16/h7-8,16H,2-6H2,1H3,(H2,12,13,14). The van der Waals surface area contributed by atoms with Crippen LogP contribution in [-0.2, 0) is 4.74 Å².